The minimum atomic E-state index is -4.97. The number of phosphoric ester groups is 1. The molecule has 1 aliphatic rings. The number of hydrogen-bond donors (Lipinski definition) is 4. The zero-order valence-electron chi connectivity index (χ0n) is 13.2. The number of nitrogens with one attached hydrogen (secondary N) is 1. The zero-order chi connectivity index (χ0) is 19.0. The lowest BCUT2D eigenvalue weighted by molar-refractivity contribution is -0.292. The topological polar surface area (TPSA) is 160 Å². The Bertz CT molecular complexity index is 774. The molecule has 0 spiro atoms. The number of phosphoric acid groups is 1. The summed E-state index contributed by atoms with van der Waals surface area (Å²) in [5, 5.41) is 10.2. The zero-order valence-corrected chi connectivity index (χ0v) is 14.1. The van der Waals surface area contributed by atoms with E-state index in [1.165, 1.54) is 13.8 Å². The minimum absolute atomic E-state index is 0.645. The lowest BCUT2D eigenvalue weighted by Crippen LogP contribution is -2.49. The average Bonchev–Trinajstić information content (AvgIpc) is 2.70. The van der Waals surface area contributed by atoms with Gasteiger partial charge >= 0.3 is 13.5 Å². The first-order valence-corrected chi connectivity index (χ1v) is 8.67. The van der Waals surface area contributed by atoms with Gasteiger partial charge in [0.25, 0.3) is 5.56 Å². The number of nitrogens with zero attached hydrogens (tertiary/aromatic N) is 1. The highest BCUT2D eigenvalue weighted by Gasteiger charge is 2.58. The number of rotatable bonds is 6. The molecule has 13 heteroatoms. The predicted molar refractivity (Wildman–Crippen MR) is 79.3 cm³/mol. The number of aromatic amines is 1. The van der Waals surface area contributed by atoms with Gasteiger partial charge in [-0.1, -0.05) is 0 Å². The van der Waals surface area contributed by atoms with Crippen molar-refractivity contribution in [2.45, 2.75) is 44.2 Å². The van der Waals surface area contributed by atoms with E-state index in [-0.39, 0.29) is 0 Å². The van der Waals surface area contributed by atoms with Crippen LogP contribution >= 0.6 is 7.82 Å². The van der Waals surface area contributed by atoms with Crippen LogP contribution in [-0.4, -0.2) is 55.2 Å². The summed E-state index contributed by atoms with van der Waals surface area (Å²) < 4.78 is 41.1. The Morgan fingerprint density at radius 3 is 2.64 bits per heavy atom. The third-order valence-electron chi connectivity index (χ3n) is 3.34. The molecule has 0 saturated carbocycles. The lowest BCUT2D eigenvalue weighted by Gasteiger charge is -2.33. The summed E-state index contributed by atoms with van der Waals surface area (Å²) in [6, 6.07) is 0.944. The highest BCUT2D eigenvalue weighted by molar-refractivity contribution is 7.46. The Labute approximate surface area is 140 Å². The second kappa shape index (κ2) is 7.08. The van der Waals surface area contributed by atoms with E-state index in [2.05, 4.69) is 4.52 Å². The first kappa shape index (κ1) is 19.9. The summed E-state index contributed by atoms with van der Waals surface area (Å²) in [7, 11) is -4.97. The first-order valence-electron chi connectivity index (χ1n) is 7.14. The van der Waals surface area contributed by atoms with Gasteiger partial charge in [0.15, 0.2) is 12.4 Å². The smallest absolute Gasteiger partial charge is 0.384 e. The Morgan fingerprint density at radius 1 is 1.48 bits per heavy atom. The number of aromatic nitrogens is 2. The fraction of sp³-hybridized carbons (Fsp3) is 0.667. The van der Waals surface area contributed by atoms with Gasteiger partial charge in [0.05, 0.1) is 6.10 Å². The van der Waals surface area contributed by atoms with Gasteiger partial charge < -0.3 is 24.4 Å². The van der Waals surface area contributed by atoms with Crippen molar-refractivity contribution in [1.29, 1.82) is 0 Å². The standard InChI is InChI=1S/C12H18FN2O9P/c1-6(2)23-12(5-22-25(19,20)21)9(17)8(13)10(24-12)15-4-3-7(16)14-11(15)18/h3-4,6,8-10,17H,5H2,1-2H3,(H,14,16,18)(H2,19,20,21)/t8-,9+,10-,12-/m1/s1. The summed E-state index contributed by atoms with van der Waals surface area (Å²) >= 11 is 0. The van der Waals surface area contributed by atoms with E-state index in [0.29, 0.717) is 4.57 Å². The molecular formula is C12H18FN2O9P. The van der Waals surface area contributed by atoms with Crippen LogP contribution in [0, 0.1) is 0 Å². The van der Waals surface area contributed by atoms with E-state index < -0.39 is 56.1 Å². The fourth-order valence-electron chi connectivity index (χ4n) is 2.40. The SMILES string of the molecule is CC(C)O[C@]1(COP(=O)(O)O)O[C@@H](n2ccc(=O)[nH]c2=O)[C@H](F)[C@@H]1O. The maximum absolute atomic E-state index is 14.6. The fourth-order valence-corrected chi connectivity index (χ4v) is 2.75. The van der Waals surface area contributed by atoms with Gasteiger partial charge in [-0.2, -0.15) is 0 Å². The number of H-pyrrole nitrogens is 1. The van der Waals surface area contributed by atoms with Gasteiger partial charge in [0.1, 0.15) is 12.7 Å². The lowest BCUT2D eigenvalue weighted by atomic mass is 10.1. The van der Waals surface area contributed by atoms with Crippen LogP contribution in [0.4, 0.5) is 4.39 Å². The molecule has 0 unspecified atom stereocenters. The van der Waals surface area contributed by atoms with Crippen molar-refractivity contribution in [2.24, 2.45) is 0 Å². The Balaban J connectivity index is 2.39. The molecule has 0 amide bonds. The number of aliphatic hydroxyl groups excluding tert-OH is 1. The van der Waals surface area contributed by atoms with Gasteiger partial charge in [0.2, 0.25) is 5.79 Å². The van der Waals surface area contributed by atoms with E-state index in [9.17, 15) is 23.7 Å². The Morgan fingerprint density at radius 2 is 2.12 bits per heavy atom. The van der Waals surface area contributed by atoms with Crippen molar-refractivity contribution < 1.29 is 37.8 Å². The van der Waals surface area contributed by atoms with E-state index >= 15 is 0 Å². The molecule has 2 rings (SSSR count). The quantitative estimate of drug-likeness (QED) is 0.451. The minimum Gasteiger partial charge on any atom is -0.384 e. The number of ether oxygens (including phenoxy) is 2. The molecule has 4 atom stereocenters. The van der Waals surface area contributed by atoms with Crippen LogP contribution in [-0.2, 0) is 18.6 Å². The maximum Gasteiger partial charge on any atom is 0.469 e. The summed E-state index contributed by atoms with van der Waals surface area (Å²) in [6.07, 6.45) is -5.62. The van der Waals surface area contributed by atoms with Gasteiger partial charge in [-0.05, 0) is 13.8 Å². The summed E-state index contributed by atoms with van der Waals surface area (Å²) in [5.41, 5.74) is -1.71. The Hall–Kier alpha value is -1.40. The molecule has 1 saturated heterocycles. The number of alkyl halides is 1. The molecule has 0 bridgehead atoms. The van der Waals surface area contributed by atoms with Gasteiger partial charge in [0, 0.05) is 12.3 Å². The van der Waals surface area contributed by atoms with E-state index in [0.717, 1.165) is 12.3 Å². The first-order chi connectivity index (χ1) is 11.4. The average molecular weight is 384 g/mol. The molecule has 142 valence electrons. The third-order valence-corrected chi connectivity index (χ3v) is 3.80. The number of halogens is 1. The molecule has 4 N–H and O–H groups in total. The monoisotopic (exact) mass is 384 g/mol. The summed E-state index contributed by atoms with van der Waals surface area (Å²) in [6.45, 7) is 2.04. The molecule has 0 aliphatic carbocycles. The van der Waals surface area contributed by atoms with Crippen LogP contribution in [0.25, 0.3) is 0 Å². The van der Waals surface area contributed by atoms with Crippen molar-refractivity contribution in [3.8, 4) is 0 Å². The van der Waals surface area contributed by atoms with Gasteiger partial charge in [-0.3, -0.25) is 18.9 Å². The van der Waals surface area contributed by atoms with Crippen molar-refractivity contribution >= 4 is 7.82 Å². The second-order valence-corrected chi connectivity index (χ2v) is 6.90. The highest BCUT2D eigenvalue weighted by Crippen LogP contribution is 2.44. The molecule has 0 aromatic carbocycles. The molecule has 11 nitrogen and oxygen atoms in total. The van der Waals surface area contributed by atoms with Crippen LogP contribution in [0.3, 0.4) is 0 Å². The molecular weight excluding hydrogens is 366 g/mol. The Kier molecular flexibility index (Phi) is 5.64. The van der Waals surface area contributed by atoms with Crippen LogP contribution < -0.4 is 11.2 Å². The molecule has 0 radical (unpaired) electrons. The van der Waals surface area contributed by atoms with Crippen molar-refractivity contribution in [3.05, 3.63) is 33.1 Å². The summed E-state index contributed by atoms with van der Waals surface area (Å²) in [5.74, 6) is -2.27. The molecule has 1 fully saturated rings. The normalized spacial score (nSPS) is 30.1. The van der Waals surface area contributed by atoms with Crippen LogP contribution in [0.15, 0.2) is 21.9 Å². The van der Waals surface area contributed by atoms with Crippen LogP contribution in [0.2, 0.25) is 0 Å². The van der Waals surface area contributed by atoms with E-state index in [1.807, 2.05) is 4.98 Å². The van der Waals surface area contributed by atoms with E-state index in [4.69, 9.17) is 19.3 Å². The van der Waals surface area contributed by atoms with Crippen LogP contribution in [0.5, 0.6) is 0 Å². The van der Waals surface area contributed by atoms with Crippen molar-refractivity contribution in [2.75, 3.05) is 6.61 Å². The molecule has 1 aliphatic heterocycles. The predicted octanol–water partition coefficient (Wildman–Crippen LogP) is -1.01. The maximum atomic E-state index is 14.6. The number of aliphatic hydroxyl groups is 1. The number of hydrogen-bond acceptors (Lipinski definition) is 7. The molecule has 1 aromatic heterocycles. The van der Waals surface area contributed by atoms with E-state index in [1.54, 1.807) is 0 Å². The largest absolute Gasteiger partial charge is 0.469 e. The molecule has 1 aromatic rings. The summed E-state index contributed by atoms with van der Waals surface area (Å²) in [4.78, 5) is 42.5. The molecule has 25 heavy (non-hydrogen) atoms. The van der Waals surface area contributed by atoms with Gasteiger partial charge in [-0.25, -0.2) is 13.8 Å². The van der Waals surface area contributed by atoms with Crippen molar-refractivity contribution in [1.82, 2.24) is 9.55 Å². The molecule has 2 heterocycles. The highest BCUT2D eigenvalue weighted by atomic mass is 31.2. The third kappa shape index (κ3) is 4.42. The van der Waals surface area contributed by atoms with Gasteiger partial charge in [-0.15, -0.1) is 0 Å². The van der Waals surface area contributed by atoms with Crippen molar-refractivity contribution in [3.63, 3.8) is 0 Å². The second-order valence-electron chi connectivity index (χ2n) is 5.66. The van der Waals surface area contributed by atoms with Crippen LogP contribution in [0.1, 0.15) is 20.1 Å².